The first kappa shape index (κ1) is 15.5. The first-order valence-electron chi connectivity index (χ1n) is 5.78. The van der Waals surface area contributed by atoms with Gasteiger partial charge in [0.05, 0.1) is 5.02 Å². The predicted molar refractivity (Wildman–Crippen MR) is 76.9 cm³/mol. The lowest BCUT2D eigenvalue weighted by Crippen LogP contribution is -2.20. The molecule has 0 atom stereocenters. The Bertz CT molecular complexity index is 680. The molecule has 21 heavy (non-hydrogen) atoms. The van der Waals surface area contributed by atoms with Crippen molar-refractivity contribution in [1.29, 1.82) is 0 Å². The molecule has 0 aliphatic rings. The third-order valence-electron chi connectivity index (χ3n) is 2.46. The highest BCUT2D eigenvalue weighted by molar-refractivity contribution is 6.34. The van der Waals surface area contributed by atoms with Crippen LogP contribution in [0.4, 0.5) is 14.5 Å². The molecule has 1 amide bonds. The summed E-state index contributed by atoms with van der Waals surface area (Å²) >= 11 is 11.6. The molecule has 0 heterocycles. The van der Waals surface area contributed by atoms with E-state index in [9.17, 15) is 13.6 Å². The summed E-state index contributed by atoms with van der Waals surface area (Å²) in [4.78, 5) is 11.6. The van der Waals surface area contributed by atoms with Gasteiger partial charge in [-0.15, -0.1) is 0 Å². The molecule has 0 saturated heterocycles. The Kier molecular flexibility index (Phi) is 4.98. The van der Waals surface area contributed by atoms with E-state index in [1.165, 1.54) is 18.2 Å². The smallest absolute Gasteiger partial charge is 0.262 e. The van der Waals surface area contributed by atoms with Crippen molar-refractivity contribution < 1.29 is 18.3 Å². The fourth-order valence-electron chi connectivity index (χ4n) is 1.50. The molecule has 0 bridgehead atoms. The number of hydrogen-bond acceptors (Lipinski definition) is 2. The second-order valence-electron chi connectivity index (χ2n) is 4.04. The van der Waals surface area contributed by atoms with Crippen LogP contribution in [0.25, 0.3) is 0 Å². The highest BCUT2D eigenvalue weighted by Crippen LogP contribution is 2.27. The van der Waals surface area contributed by atoms with Gasteiger partial charge in [0.15, 0.2) is 18.2 Å². The van der Waals surface area contributed by atoms with Gasteiger partial charge in [0, 0.05) is 22.8 Å². The Morgan fingerprint density at radius 1 is 1.10 bits per heavy atom. The number of amides is 1. The summed E-state index contributed by atoms with van der Waals surface area (Å²) in [5.74, 6) is -2.33. The number of carbonyl (C=O) groups excluding carboxylic acids is 1. The largest absolute Gasteiger partial charge is 0.482 e. The van der Waals surface area contributed by atoms with Crippen LogP contribution in [0.5, 0.6) is 5.75 Å². The normalized spacial score (nSPS) is 10.3. The highest BCUT2D eigenvalue weighted by atomic mass is 35.5. The SMILES string of the molecule is O=C(COc1cc(Cl)ccc1Cl)Nc1ccc(F)c(F)c1. The summed E-state index contributed by atoms with van der Waals surface area (Å²) < 4.78 is 30.9. The van der Waals surface area contributed by atoms with Crippen LogP contribution in [0.3, 0.4) is 0 Å². The molecule has 0 aliphatic heterocycles. The van der Waals surface area contributed by atoms with E-state index < -0.39 is 17.5 Å². The van der Waals surface area contributed by atoms with Gasteiger partial charge in [0.2, 0.25) is 0 Å². The first-order chi connectivity index (χ1) is 9.95. The van der Waals surface area contributed by atoms with E-state index in [1.807, 2.05) is 0 Å². The molecule has 0 aromatic heterocycles. The first-order valence-corrected chi connectivity index (χ1v) is 6.54. The molecule has 2 rings (SSSR count). The van der Waals surface area contributed by atoms with Crippen molar-refractivity contribution in [3.05, 3.63) is 58.1 Å². The zero-order chi connectivity index (χ0) is 15.4. The van der Waals surface area contributed by atoms with Crippen LogP contribution in [-0.2, 0) is 4.79 Å². The molecule has 2 aromatic carbocycles. The minimum Gasteiger partial charge on any atom is -0.482 e. The Morgan fingerprint density at radius 2 is 1.86 bits per heavy atom. The average Bonchev–Trinajstić information content (AvgIpc) is 2.44. The van der Waals surface area contributed by atoms with Gasteiger partial charge in [0.1, 0.15) is 5.75 Å². The third kappa shape index (κ3) is 4.31. The zero-order valence-corrected chi connectivity index (χ0v) is 12.0. The second kappa shape index (κ2) is 6.74. The third-order valence-corrected chi connectivity index (χ3v) is 3.00. The summed E-state index contributed by atoms with van der Waals surface area (Å²) in [6, 6.07) is 7.61. The van der Waals surface area contributed by atoms with Gasteiger partial charge in [-0.1, -0.05) is 23.2 Å². The van der Waals surface area contributed by atoms with E-state index in [0.717, 1.165) is 12.1 Å². The number of nitrogens with one attached hydrogen (secondary N) is 1. The van der Waals surface area contributed by atoms with Crippen LogP contribution in [0.1, 0.15) is 0 Å². The van der Waals surface area contributed by atoms with Crippen LogP contribution in [0, 0.1) is 11.6 Å². The summed E-state index contributed by atoms with van der Waals surface area (Å²) in [5.41, 5.74) is 0.125. The predicted octanol–water partition coefficient (Wildman–Crippen LogP) is 4.29. The lowest BCUT2D eigenvalue weighted by Gasteiger charge is -2.09. The van der Waals surface area contributed by atoms with Crippen LogP contribution in [-0.4, -0.2) is 12.5 Å². The second-order valence-corrected chi connectivity index (χ2v) is 4.88. The molecule has 110 valence electrons. The number of anilines is 1. The molecule has 7 heteroatoms. The molecule has 1 N–H and O–H groups in total. The summed E-state index contributed by atoms with van der Waals surface area (Å²) in [6.07, 6.45) is 0. The molecular formula is C14H9Cl2F2NO2. The van der Waals surface area contributed by atoms with E-state index in [-0.39, 0.29) is 18.0 Å². The lowest BCUT2D eigenvalue weighted by atomic mass is 10.3. The van der Waals surface area contributed by atoms with Crippen LogP contribution < -0.4 is 10.1 Å². The maximum Gasteiger partial charge on any atom is 0.262 e. The van der Waals surface area contributed by atoms with Gasteiger partial charge in [-0.05, 0) is 24.3 Å². The molecular weight excluding hydrogens is 323 g/mol. The van der Waals surface area contributed by atoms with Crippen molar-refractivity contribution >= 4 is 34.8 Å². The Labute approximate surface area is 129 Å². The lowest BCUT2D eigenvalue weighted by molar-refractivity contribution is -0.118. The van der Waals surface area contributed by atoms with E-state index in [2.05, 4.69) is 5.32 Å². The van der Waals surface area contributed by atoms with Crippen LogP contribution in [0.2, 0.25) is 10.0 Å². The Balaban J connectivity index is 1.95. The minimum atomic E-state index is -1.05. The molecule has 2 aromatic rings. The maximum atomic E-state index is 13.0. The summed E-state index contributed by atoms with van der Waals surface area (Å²) in [6.45, 7) is -0.348. The van der Waals surface area contributed by atoms with Gasteiger partial charge in [-0.3, -0.25) is 4.79 Å². The van der Waals surface area contributed by atoms with E-state index in [1.54, 1.807) is 6.07 Å². The summed E-state index contributed by atoms with van der Waals surface area (Å²) in [5, 5.41) is 3.09. The topological polar surface area (TPSA) is 38.3 Å². The van der Waals surface area contributed by atoms with Gasteiger partial charge in [-0.2, -0.15) is 0 Å². The van der Waals surface area contributed by atoms with Crippen molar-refractivity contribution in [2.75, 3.05) is 11.9 Å². The number of hydrogen-bond donors (Lipinski definition) is 1. The van der Waals surface area contributed by atoms with Crippen LogP contribution >= 0.6 is 23.2 Å². The molecule has 0 spiro atoms. The fraction of sp³-hybridized carbons (Fsp3) is 0.0714. The number of rotatable bonds is 4. The van der Waals surface area contributed by atoms with Gasteiger partial charge in [0.25, 0.3) is 5.91 Å². The average molecular weight is 332 g/mol. The molecule has 0 saturated carbocycles. The van der Waals surface area contributed by atoms with Crippen molar-refractivity contribution in [3.63, 3.8) is 0 Å². The maximum absolute atomic E-state index is 13.0. The molecule has 0 unspecified atom stereocenters. The van der Waals surface area contributed by atoms with E-state index >= 15 is 0 Å². The Morgan fingerprint density at radius 3 is 2.57 bits per heavy atom. The van der Waals surface area contributed by atoms with E-state index in [4.69, 9.17) is 27.9 Å². The molecule has 3 nitrogen and oxygen atoms in total. The van der Waals surface area contributed by atoms with Crippen molar-refractivity contribution in [2.24, 2.45) is 0 Å². The highest BCUT2D eigenvalue weighted by Gasteiger charge is 2.09. The van der Waals surface area contributed by atoms with Gasteiger partial charge < -0.3 is 10.1 Å². The van der Waals surface area contributed by atoms with Crippen molar-refractivity contribution in [1.82, 2.24) is 0 Å². The quantitative estimate of drug-likeness (QED) is 0.907. The summed E-state index contributed by atoms with van der Waals surface area (Å²) in [7, 11) is 0. The number of benzene rings is 2. The van der Waals surface area contributed by atoms with E-state index in [0.29, 0.717) is 10.0 Å². The number of carbonyl (C=O) groups is 1. The van der Waals surface area contributed by atoms with Crippen molar-refractivity contribution in [2.45, 2.75) is 0 Å². The minimum absolute atomic E-state index is 0.125. The molecule has 0 fully saturated rings. The number of halogens is 4. The van der Waals surface area contributed by atoms with Crippen LogP contribution in [0.15, 0.2) is 36.4 Å². The number of ether oxygens (including phenoxy) is 1. The standard InChI is InChI=1S/C14H9Cl2F2NO2/c15-8-1-3-10(16)13(5-8)21-7-14(20)19-9-2-4-11(17)12(18)6-9/h1-6H,7H2,(H,19,20). The Hall–Kier alpha value is -1.85. The zero-order valence-electron chi connectivity index (χ0n) is 10.5. The molecule has 0 aliphatic carbocycles. The van der Waals surface area contributed by atoms with Gasteiger partial charge in [-0.25, -0.2) is 8.78 Å². The van der Waals surface area contributed by atoms with Crippen molar-refractivity contribution in [3.8, 4) is 5.75 Å². The fourth-order valence-corrected chi connectivity index (χ4v) is 1.84. The monoisotopic (exact) mass is 331 g/mol. The molecule has 0 radical (unpaired) electrons. The van der Waals surface area contributed by atoms with Gasteiger partial charge >= 0.3 is 0 Å².